The first-order chi connectivity index (χ1) is 20.0. The molecule has 0 aliphatic heterocycles. The van der Waals surface area contributed by atoms with Crippen LogP contribution in [0, 0.1) is 5.82 Å². The molecule has 5 nitrogen and oxygen atoms in total. The topological polar surface area (TPSA) is 51.5 Å². The summed E-state index contributed by atoms with van der Waals surface area (Å²) in [7, 11) is 0. The van der Waals surface area contributed by atoms with Crippen molar-refractivity contribution in [1.82, 2.24) is 4.57 Å². The molecule has 5 rings (SSSR count). The number of carbonyl (C=O) groups is 2. The molecular formula is C35H39FN2O3. The average Bonchev–Trinajstić information content (AvgIpc) is 3.36. The van der Waals surface area contributed by atoms with Crippen molar-refractivity contribution in [1.29, 1.82) is 0 Å². The Labute approximate surface area is 241 Å². The van der Waals surface area contributed by atoms with Crippen LogP contribution in [0.2, 0.25) is 0 Å². The molecule has 214 valence electrons. The summed E-state index contributed by atoms with van der Waals surface area (Å²) in [4.78, 5) is 29.8. The number of halogens is 1. The monoisotopic (exact) mass is 554 g/mol. The third-order valence-corrected chi connectivity index (χ3v) is 8.09. The lowest BCUT2D eigenvalue weighted by Crippen LogP contribution is -2.25. The molecule has 0 saturated carbocycles. The molecule has 0 spiro atoms. The van der Waals surface area contributed by atoms with Crippen LogP contribution in [0.25, 0.3) is 10.9 Å². The van der Waals surface area contributed by atoms with Crippen LogP contribution in [0.5, 0.6) is 0 Å². The third kappa shape index (κ3) is 6.07. The number of carbonyl (C=O) groups excluding carboxylic acids is 2. The summed E-state index contributed by atoms with van der Waals surface area (Å²) in [6.45, 7) is 6.52. The van der Waals surface area contributed by atoms with Crippen LogP contribution in [0.1, 0.15) is 85.5 Å². The maximum Gasteiger partial charge on any atom is 0.313 e. The normalized spacial score (nSPS) is 14.6. The number of anilines is 1. The summed E-state index contributed by atoms with van der Waals surface area (Å²) in [5.74, 6) is -1.64. The molecule has 1 aromatic heterocycles. The van der Waals surface area contributed by atoms with Crippen LogP contribution in [-0.2, 0) is 22.6 Å². The fraction of sp³-hybridized carbons (Fsp3) is 0.371. The van der Waals surface area contributed by atoms with E-state index in [0.29, 0.717) is 47.0 Å². The van der Waals surface area contributed by atoms with E-state index in [9.17, 15) is 9.59 Å². The van der Waals surface area contributed by atoms with E-state index in [-0.39, 0.29) is 18.5 Å². The van der Waals surface area contributed by atoms with Crippen LogP contribution < -0.4 is 4.90 Å². The Hall–Kier alpha value is -3.93. The van der Waals surface area contributed by atoms with Gasteiger partial charge in [-0.3, -0.25) is 14.2 Å². The second-order valence-corrected chi connectivity index (χ2v) is 10.9. The molecule has 1 heterocycles. The molecule has 0 amide bonds. The predicted molar refractivity (Wildman–Crippen MR) is 162 cm³/mol. The van der Waals surface area contributed by atoms with Gasteiger partial charge in [-0.1, -0.05) is 63.1 Å². The zero-order valence-electron chi connectivity index (χ0n) is 24.1. The van der Waals surface area contributed by atoms with Gasteiger partial charge in [-0.25, -0.2) is 4.39 Å². The number of nitrogens with zero attached hydrogens (tertiary/aromatic N) is 2. The van der Waals surface area contributed by atoms with E-state index < -0.39 is 11.7 Å². The maximum atomic E-state index is 15.4. The number of benzene rings is 3. The van der Waals surface area contributed by atoms with Crippen molar-refractivity contribution in [3.63, 3.8) is 0 Å². The molecule has 0 fully saturated rings. The summed E-state index contributed by atoms with van der Waals surface area (Å²) < 4.78 is 22.7. The smallest absolute Gasteiger partial charge is 0.313 e. The highest BCUT2D eigenvalue weighted by molar-refractivity contribution is 6.05. The Morgan fingerprint density at radius 1 is 0.927 bits per heavy atom. The second kappa shape index (κ2) is 13.2. The van der Waals surface area contributed by atoms with Crippen LogP contribution in [0.15, 0.2) is 72.8 Å². The lowest BCUT2D eigenvalue weighted by atomic mass is 9.85. The average molecular weight is 555 g/mol. The fourth-order valence-corrected chi connectivity index (χ4v) is 5.92. The number of rotatable bonds is 11. The molecule has 41 heavy (non-hydrogen) atoms. The standard InChI is InChI=1S/C35H39FN2O3/c1-3-5-22-37(23-6-4-2)27-20-18-26(19-21-27)34(39)38-30-16-10-14-28(32(30)33-29(36)15-11-17-31(33)38)35(40)41-24-25-12-8-7-9-13-25/h7-9,11-13,15,17-21,28H,3-6,10,14,16,22-24H2,1-2H3. The van der Waals surface area contributed by atoms with Gasteiger partial charge in [0.05, 0.1) is 11.4 Å². The van der Waals surface area contributed by atoms with Gasteiger partial charge in [0.1, 0.15) is 12.4 Å². The summed E-state index contributed by atoms with van der Waals surface area (Å²) in [5, 5.41) is 0.346. The van der Waals surface area contributed by atoms with E-state index in [0.717, 1.165) is 50.0 Å². The number of fused-ring (bicyclic) bond motifs is 3. The Kier molecular flexibility index (Phi) is 9.17. The van der Waals surface area contributed by atoms with Crippen molar-refractivity contribution in [2.24, 2.45) is 0 Å². The largest absolute Gasteiger partial charge is 0.460 e. The Morgan fingerprint density at radius 3 is 2.32 bits per heavy atom. The first-order valence-electron chi connectivity index (χ1n) is 14.9. The van der Waals surface area contributed by atoms with Gasteiger partial charge in [-0.2, -0.15) is 0 Å². The van der Waals surface area contributed by atoms with E-state index in [4.69, 9.17) is 4.74 Å². The van der Waals surface area contributed by atoms with E-state index in [2.05, 4.69) is 18.7 Å². The molecule has 0 N–H and O–H groups in total. The highest BCUT2D eigenvalue weighted by atomic mass is 19.1. The number of ether oxygens (including phenoxy) is 1. The SMILES string of the molecule is CCCCN(CCCC)c1ccc(C(=O)n2c3c(c4c(F)cccc42)C(C(=O)OCc2ccccc2)CCC3)cc1. The first kappa shape index (κ1) is 28.6. The van der Waals surface area contributed by atoms with Gasteiger partial charge in [0.25, 0.3) is 5.91 Å². The van der Waals surface area contributed by atoms with E-state index >= 15 is 4.39 Å². The van der Waals surface area contributed by atoms with E-state index in [1.807, 2.05) is 54.6 Å². The van der Waals surface area contributed by atoms with Crippen LogP contribution in [0.3, 0.4) is 0 Å². The molecule has 0 bridgehead atoms. The predicted octanol–water partition coefficient (Wildman–Crippen LogP) is 8.04. The molecule has 0 saturated heterocycles. The van der Waals surface area contributed by atoms with Gasteiger partial charge in [0.15, 0.2) is 0 Å². The van der Waals surface area contributed by atoms with Gasteiger partial charge in [-0.05, 0) is 79.6 Å². The molecule has 6 heteroatoms. The minimum atomic E-state index is -0.621. The third-order valence-electron chi connectivity index (χ3n) is 8.09. The lowest BCUT2D eigenvalue weighted by Gasteiger charge is -2.25. The van der Waals surface area contributed by atoms with E-state index in [1.54, 1.807) is 16.7 Å². The Bertz CT molecular complexity index is 1490. The lowest BCUT2D eigenvalue weighted by molar-refractivity contribution is -0.147. The number of unbranched alkanes of at least 4 members (excludes halogenated alkanes) is 2. The molecule has 4 aromatic rings. The number of aromatic nitrogens is 1. The molecule has 1 aliphatic carbocycles. The van der Waals surface area contributed by atoms with Crippen molar-refractivity contribution in [3.8, 4) is 0 Å². The molecule has 1 unspecified atom stereocenters. The highest BCUT2D eigenvalue weighted by Crippen LogP contribution is 2.41. The van der Waals surface area contributed by atoms with Crippen molar-refractivity contribution < 1.29 is 18.7 Å². The minimum Gasteiger partial charge on any atom is -0.460 e. The maximum absolute atomic E-state index is 15.4. The fourth-order valence-electron chi connectivity index (χ4n) is 5.92. The highest BCUT2D eigenvalue weighted by Gasteiger charge is 2.35. The van der Waals surface area contributed by atoms with Crippen molar-refractivity contribution in [3.05, 3.63) is 101 Å². The quantitative estimate of drug-likeness (QED) is 0.176. The van der Waals surface area contributed by atoms with Gasteiger partial charge < -0.3 is 9.64 Å². The van der Waals surface area contributed by atoms with Gasteiger partial charge >= 0.3 is 5.97 Å². The summed E-state index contributed by atoms with van der Waals surface area (Å²) >= 11 is 0. The molecule has 0 radical (unpaired) electrons. The van der Waals surface area contributed by atoms with E-state index in [1.165, 1.54) is 6.07 Å². The minimum absolute atomic E-state index is 0.158. The van der Waals surface area contributed by atoms with Crippen LogP contribution in [-0.4, -0.2) is 29.5 Å². The van der Waals surface area contributed by atoms with Gasteiger partial charge in [0, 0.05) is 35.4 Å². The van der Waals surface area contributed by atoms with Gasteiger partial charge in [-0.15, -0.1) is 0 Å². The molecule has 1 aliphatic rings. The number of hydrogen-bond acceptors (Lipinski definition) is 4. The summed E-state index contributed by atoms with van der Waals surface area (Å²) in [6.07, 6.45) is 6.36. The summed E-state index contributed by atoms with van der Waals surface area (Å²) in [5.41, 5.74) is 4.34. The van der Waals surface area contributed by atoms with Crippen LogP contribution in [0.4, 0.5) is 10.1 Å². The second-order valence-electron chi connectivity index (χ2n) is 10.9. The zero-order valence-corrected chi connectivity index (χ0v) is 24.1. The molecular weight excluding hydrogens is 515 g/mol. The Balaban J connectivity index is 1.47. The molecule has 1 atom stereocenters. The first-order valence-corrected chi connectivity index (χ1v) is 14.9. The van der Waals surface area contributed by atoms with Gasteiger partial charge in [0.2, 0.25) is 0 Å². The van der Waals surface area contributed by atoms with Crippen LogP contribution >= 0.6 is 0 Å². The molecule has 3 aromatic carbocycles. The zero-order chi connectivity index (χ0) is 28.8. The van der Waals surface area contributed by atoms with Crippen molar-refractivity contribution in [2.75, 3.05) is 18.0 Å². The Morgan fingerprint density at radius 2 is 1.63 bits per heavy atom. The van der Waals surface area contributed by atoms with Crippen molar-refractivity contribution in [2.45, 2.75) is 71.3 Å². The van der Waals surface area contributed by atoms with Crippen molar-refractivity contribution >= 4 is 28.5 Å². The number of esters is 1. The number of hydrogen-bond donors (Lipinski definition) is 0. The summed E-state index contributed by atoms with van der Waals surface area (Å²) in [6, 6.07) is 22.1.